The fourth-order valence-electron chi connectivity index (χ4n) is 3.52. The van der Waals surface area contributed by atoms with Gasteiger partial charge in [-0.3, -0.25) is 0 Å². The van der Waals surface area contributed by atoms with Crippen LogP contribution in [0.1, 0.15) is 44.9 Å². The molecule has 1 N–H and O–H groups in total. The van der Waals surface area contributed by atoms with Crippen LogP contribution in [0.5, 0.6) is 11.5 Å². The van der Waals surface area contributed by atoms with Crippen molar-refractivity contribution in [2.24, 2.45) is 0 Å². The maximum Gasteiger partial charge on any atom is 0.338 e. The molecule has 10 heteroatoms. The lowest BCUT2D eigenvalue weighted by Gasteiger charge is -2.10. The van der Waals surface area contributed by atoms with Crippen molar-refractivity contribution in [3.63, 3.8) is 0 Å². The molecule has 10 nitrogen and oxygen atoms in total. The summed E-state index contributed by atoms with van der Waals surface area (Å²) < 4.78 is 36.4. The predicted octanol–water partition coefficient (Wildman–Crippen LogP) is 3.67. The van der Waals surface area contributed by atoms with Crippen molar-refractivity contribution in [3.8, 4) is 11.5 Å². The van der Waals surface area contributed by atoms with Crippen LogP contribution in [0.4, 0.5) is 0 Å². The molecule has 1 fully saturated rings. The molecular formula is C30H42O10. The molecule has 1 aliphatic rings. The lowest BCUT2D eigenvalue weighted by Crippen LogP contribution is -2.25. The monoisotopic (exact) mass is 562 g/mol. The second kappa shape index (κ2) is 19.0. The van der Waals surface area contributed by atoms with E-state index in [1.807, 2.05) is 50.2 Å². The number of hydrogen-bond acceptors (Lipinski definition) is 10. The van der Waals surface area contributed by atoms with Gasteiger partial charge in [-0.25, -0.2) is 9.59 Å². The van der Waals surface area contributed by atoms with E-state index in [9.17, 15) is 14.7 Å². The minimum atomic E-state index is -1.13. The van der Waals surface area contributed by atoms with Crippen molar-refractivity contribution in [1.82, 2.24) is 0 Å². The summed E-state index contributed by atoms with van der Waals surface area (Å²) in [4.78, 5) is 22.8. The zero-order valence-electron chi connectivity index (χ0n) is 23.8. The number of benzene rings is 2. The highest BCUT2D eigenvalue weighted by molar-refractivity contribution is 5.78. The van der Waals surface area contributed by atoms with Crippen LogP contribution < -0.4 is 9.47 Å². The summed E-state index contributed by atoms with van der Waals surface area (Å²) >= 11 is 0. The van der Waals surface area contributed by atoms with Crippen molar-refractivity contribution >= 4 is 11.9 Å². The van der Waals surface area contributed by atoms with Crippen LogP contribution >= 0.6 is 0 Å². The molecule has 222 valence electrons. The van der Waals surface area contributed by atoms with Crippen molar-refractivity contribution in [3.05, 3.63) is 59.7 Å². The maximum atomic E-state index is 11.5. The van der Waals surface area contributed by atoms with E-state index in [2.05, 4.69) is 0 Å². The number of aliphatic hydroxyl groups is 1. The minimum absolute atomic E-state index is 0.188. The predicted molar refractivity (Wildman–Crippen MR) is 147 cm³/mol. The van der Waals surface area contributed by atoms with E-state index in [0.717, 1.165) is 22.6 Å². The Kier molecular flexibility index (Phi) is 15.7. The van der Waals surface area contributed by atoms with Crippen LogP contribution in [0.25, 0.3) is 0 Å². The summed E-state index contributed by atoms with van der Waals surface area (Å²) in [6.07, 6.45) is -1.54. The number of esters is 2. The van der Waals surface area contributed by atoms with E-state index in [0.29, 0.717) is 46.2 Å². The Balaban J connectivity index is 0.000000280. The van der Waals surface area contributed by atoms with Crippen LogP contribution in [-0.4, -0.2) is 82.1 Å². The number of hydrogen-bond donors (Lipinski definition) is 1. The average Bonchev–Trinajstić information content (AvgIpc) is 3.77. The lowest BCUT2D eigenvalue weighted by atomic mass is 10.1. The largest absolute Gasteiger partial charge is 0.491 e. The van der Waals surface area contributed by atoms with Gasteiger partial charge in [-0.15, -0.1) is 0 Å². The lowest BCUT2D eigenvalue weighted by molar-refractivity contribution is -0.152. The first-order chi connectivity index (χ1) is 19.4. The Morgan fingerprint density at radius 2 is 1.27 bits per heavy atom. The third-order valence-corrected chi connectivity index (χ3v) is 5.53. The zero-order valence-corrected chi connectivity index (χ0v) is 23.8. The van der Waals surface area contributed by atoms with Crippen molar-refractivity contribution in [1.29, 1.82) is 0 Å². The first-order valence-electron chi connectivity index (χ1n) is 13.7. The number of carbonyl (C=O) groups is 2. The van der Waals surface area contributed by atoms with Gasteiger partial charge < -0.3 is 38.3 Å². The zero-order chi connectivity index (χ0) is 29.2. The highest BCUT2D eigenvalue weighted by Gasteiger charge is 2.47. The van der Waals surface area contributed by atoms with Gasteiger partial charge in [0.2, 0.25) is 0 Å². The minimum Gasteiger partial charge on any atom is -0.491 e. The molecule has 0 aliphatic carbocycles. The summed E-state index contributed by atoms with van der Waals surface area (Å²) in [6, 6.07) is 14.8. The van der Waals surface area contributed by atoms with Gasteiger partial charge in [-0.05, 0) is 63.1 Å². The SMILES string of the molecule is CCOCCOc1ccc(C2OC2C(=O)OCC)cc1.CCOCCOc1ccc(CC(O)C(=O)OCC)cc1. The molecule has 0 saturated carbocycles. The quantitative estimate of drug-likeness (QED) is 0.174. The van der Waals surface area contributed by atoms with E-state index in [1.54, 1.807) is 26.0 Å². The Hall–Kier alpha value is -3.18. The number of epoxide rings is 1. The normalized spacial score (nSPS) is 16.2. The van der Waals surface area contributed by atoms with E-state index >= 15 is 0 Å². The van der Waals surface area contributed by atoms with Crippen LogP contribution in [0.2, 0.25) is 0 Å². The second-order valence-electron chi connectivity index (χ2n) is 8.51. The molecule has 2 aromatic carbocycles. The Bertz CT molecular complexity index is 961. The number of rotatable bonds is 17. The summed E-state index contributed by atoms with van der Waals surface area (Å²) in [5.41, 5.74) is 1.81. The molecule has 0 spiro atoms. The fourth-order valence-corrected chi connectivity index (χ4v) is 3.52. The van der Waals surface area contributed by atoms with Crippen LogP contribution in [0.15, 0.2) is 48.5 Å². The summed E-state index contributed by atoms with van der Waals surface area (Å²) in [5, 5.41) is 9.65. The van der Waals surface area contributed by atoms with E-state index in [4.69, 9.17) is 33.2 Å². The molecule has 3 atom stereocenters. The molecule has 0 radical (unpaired) electrons. The second-order valence-corrected chi connectivity index (χ2v) is 8.51. The van der Waals surface area contributed by atoms with Gasteiger partial charge in [0, 0.05) is 19.6 Å². The van der Waals surface area contributed by atoms with Crippen LogP contribution in [-0.2, 0) is 39.7 Å². The standard InChI is InChI=1S/C15H20O5.C15H22O5/c1-3-17-9-10-19-12-7-5-11(6-8-12)13-14(20-13)15(16)18-4-2;1-3-18-9-10-20-13-7-5-12(6-8-13)11-14(16)15(17)19-4-2/h5-8,13-14H,3-4,9-10H2,1-2H3;5-8,14,16H,3-4,9-11H2,1-2H3. The molecule has 0 aromatic heterocycles. The van der Waals surface area contributed by atoms with Gasteiger partial charge in [0.15, 0.2) is 12.2 Å². The molecular weight excluding hydrogens is 520 g/mol. The molecule has 3 unspecified atom stereocenters. The Labute approximate surface area is 236 Å². The summed E-state index contributed by atoms with van der Waals surface area (Å²) in [7, 11) is 0. The molecule has 2 aromatic rings. The van der Waals surface area contributed by atoms with E-state index in [-0.39, 0.29) is 25.1 Å². The molecule has 1 saturated heterocycles. The van der Waals surface area contributed by atoms with E-state index in [1.165, 1.54) is 0 Å². The topological polar surface area (TPSA) is 122 Å². The highest BCUT2D eigenvalue weighted by Crippen LogP contribution is 2.39. The van der Waals surface area contributed by atoms with Gasteiger partial charge >= 0.3 is 11.9 Å². The van der Waals surface area contributed by atoms with E-state index < -0.39 is 18.2 Å². The molecule has 40 heavy (non-hydrogen) atoms. The molecule has 3 rings (SSSR count). The Morgan fingerprint density at radius 1 is 0.750 bits per heavy atom. The van der Waals surface area contributed by atoms with Crippen molar-refractivity contribution in [2.75, 3.05) is 52.9 Å². The number of aliphatic hydroxyl groups excluding tert-OH is 1. The fraction of sp³-hybridized carbons (Fsp3) is 0.533. The van der Waals surface area contributed by atoms with Crippen LogP contribution in [0.3, 0.4) is 0 Å². The highest BCUT2D eigenvalue weighted by atomic mass is 16.6. The Morgan fingerprint density at radius 3 is 1.77 bits per heavy atom. The molecule has 1 aliphatic heterocycles. The average molecular weight is 563 g/mol. The maximum absolute atomic E-state index is 11.5. The summed E-state index contributed by atoms with van der Waals surface area (Å²) in [6.45, 7) is 11.5. The smallest absolute Gasteiger partial charge is 0.338 e. The van der Waals surface area contributed by atoms with Crippen molar-refractivity contribution in [2.45, 2.75) is 52.4 Å². The third kappa shape index (κ3) is 12.3. The van der Waals surface area contributed by atoms with Crippen molar-refractivity contribution < 1.29 is 47.9 Å². The van der Waals surface area contributed by atoms with Gasteiger partial charge in [-0.2, -0.15) is 0 Å². The summed E-state index contributed by atoms with van der Waals surface area (Å²) in [5.74, 6) is 0.625. The van der Waals surface area contributed by atoms with Gasteiger partial charge in [0.05, 0.1) is 26.4 Å². The number of ether oxygens (including phenoxy) is 7. The first-order valence-corrected chi connectivity index (χ1v) is 13.7. The first kappa shape index (κ1) is 33.0. The van der Waals surface area contributed by atoms with Gasteiger partial charge in [0.1, 0.15) is 30.8 Å². The van der Waals surface area contributed by atoms with Gasteiger partial charge in [0.25, 0.3) is 0 Å². The molecule has 0 amide bonds. The molecule has 0 bridgehead atoms. The van der Waals surface area contributed by atoms with Crippen LogP contribution in [0, 0.1) is 0 Å². The van der Waals surface area contributed by atoms with Gasteiger partial charge in [-0.1, -0.05) is 24.3 Å². The number of carbonyl (C=O) groups excluding carboxylic acids is 2. The third-order valence-electron chi connectivity index (χ3n) is 5.53. The molecule has 1 heterocycles.